The summed E-state index contributed by atoms with van der Waals surface area (Å²) in [7, 11) is 0. The maximum atomic E-state index is 12.5. The third kappa shape index (κ3) is 3.51. The number of aryl methyl sites for hydroxylation is 2. The van der Waals surface area contributed by atoms with Crippen LogP contribution in [0.3, 0.4) is 0 Å². The van der Waals surface area contributed by atoms with Crippen LogP contribution in [-0.4, -0.2) is 16.0 Å². The molecule has 0 atom stereocenters. The van der Waals surface area contributed by atoms with E-state index in [1.807, 2.05) is 32.0 Å². The first-order chi connectivity index (χ1) is 13.4. The standard InChI is InChI=1S/C22H17BrN2O3/c1-12-3-4-14(9-13(12)2)21(27)24-16-6-8-20-18(11-16)25-22(28-20)15-5-7-19(26)17(23)10-15/h3-11,26H,1-2H3,(H,24,27). The summed E-state index contributed by atoms with van der Waals surface area (Å²) < 4.78 is 6.36. The highest BCUT2D eigenvalue weighted by Gasteiger charge is 2.12. The van der Waals surface area contributed by atoms with Gasteiger partial charge in [0, 0.05) is 16.8 Å². The summed E-state index contributed by atoms with van der Waals surface area (Å²) in [6.45, 7) is 4.00. The summed E-state index contributed by atoms with van der Waals surface area (Å²) in [5, 5.41) is 12.5. The van der Waals surface area contributed by atoms with E-state index in [-0.39, 0.29) is 11.7 Å². The molecule has 1 heterocycles. The van der Waals surface area contributed by atoms with E-state index >= 15 is 0 Å². The van der Waals surface area contributed by atoms with Crippen molar-refractivity contribution in [1.82, 2.24) is 4.98 Å². The van der Waals surface area contributed by atoms with Gasteiger partial charge in [0.2, 0.25) is 5.89 Å². The fraction of sp³-hybridized carbons (Fsp3) is 0.0909. The Morgan fingerprint density at radius 2 is 1.86 bits per heavy atom. The topological polar surface area (TPSA) is 75.4 Å². The average Bonchev–Trinajstić information content (AvgIpc) is 3.09. The Bertz CT molecular complexity index is 1210. The zero-order valence-electron chi connectivity index (χ0n) is 15.3. The minimum absolute atomic E-state index is 0.149. The Morgan fingerprint density at radius 3 is 2.61 bits per heavy atom. The largest absolute Gasteiger partial charge is 0.507 e. The van der Waals surface area contributed by atoms with Crippen LogP contribution in [0.2, 0.25) is 0 Å². The van der Waals surface area contributed by atoms with Crippen LogP contribution >= 0.6 is 15.9 Å². The average molecular weight is 437 g/mol. The first kappa shape index (κ1) is 18.3. The number of nitrogens with one attached hydrogen (secondary N) is 1. The number of rotatable bonds is 3. The highest BCUT2D eigenvalue weighted by atomic mass is 79.9. The number of carbonyl (C=O) groups excluding carboxylic acids is 1. The molecular weight excluding hydrogens is 420 g/mol. The monoisotopic (exact) mass is 436 g/mol. The molecule has 0 radical (unpaired) electrons. The number of amides is 1. The number of phenolic OH excluding ortho intramolecular Hbond substituents is 1. The van der Waals surface area contributed by atoms with Gasteiger partial charge < -0.3 is 14.8 Å². The maximum Gasteiger partial charge on any atom is 0.255 e. The van der Waals surface area contributed by atoms with Gasteiger partial charge in [-0.2, -0.15) is 0 Å². The van der Waals surface area contributed by atoms with Crippen LogP contribution in [-0.2, 0) is 0 Å². The maximum absolute atomic E-state index is 12.5. The Hall–Kier alpha value is -3.12. The number of phenols is 1. The molecule has 140 valence electrons. The van der Waals surface area contributed by atoms with Crippen molar-refractivity contribution in [1.29, 1.82) is 0 Å². The number of hydrogen-bond donors (Lipinski definition) is 2. The van der Waals surface area contributed by atoms with E-state index in [1.165, 1.54) is 0 Å². The molecule has 4 aromatic rings. The zero-order valence-corrected chi connectivity index (χ0v) is 16.9. The van der Waals surface area contributed by atoms with Crippen LogP contribution in [0.15, 0.2) is 63.5 Å². The Morgan fingerprint density at radius 1 is 1.04 bits per heavy atom. The van der Waals surface area contributed by atoms with E-state index in [0.717, 1.165) is 16.7 Å². The molecule has 0 spiro atoms. The number of carbonyl (C=O) groups is 1. The molecule has 0 fully saturated rings. The van der Waals surface area contributed by atoms with Gasteiger partial charge >= 0.3 is 0 Å². The lowest BCUT2D eigenvalue weighted by Crippen LogP contribution is -2.12. The van der Waals surface area contributed by atoms with Crippen molar-refractivity contribution in [3.05, 3.63) is 75.8 Å². The SMILES string of the molecule is Cc1ccc(C(=O)Nc2ccc3oc(-c4ccc(O)c(Br)c4)nc3c2)cc1C. The molecule has 3 aromatic carbocycles. The van der Waals surface area contributed by atoms with Gasteiger partial charge in [0.25, 0.3) is 5.91 Å². The Labute approximate surface area is 170 Å². The Balaban J connectivity index is 1.61. The minimum atomic E-state index is -0.173. The highest BCUT2D eigenvalue weighted by molar-refractivity contribution is 9.10. The zero-order chi connectivity index (χ0) is 19.8. The first-order valence-corrected chi connectivity index (χ1v) is 9.48. The third-order valence-electron chi connectivity index (χ3n) is 4.61. The number of anilines is 1. The number of benzene rings is 3. The number of halogens is 1. The van der Waals surface area contributed by atoms with Gasteiger partial charge in [-0.25, -0.2) is 4.98 Å². The lowest BCUT2D eigenvalue weighted by molar-refractivity contribution is 0.102. The molecule has 2 N–H and O–H groups in total. The van der Waals surface area contributed by atoms with Gasteiger partial charge in [0.15, 0.2) is 5.58 Å². The number of fused-ring (bicyclic) bond motifs is 1. The summed E-state index contributed by atoms with van der Waals surface area (Å²) in [5.74, 6) is 0.415. The number of aromatic nitrogens is 1. The van der Waals surface area contributed by atoms with Crippen molar-refractivity contribution < 1.29 is 14.3 Å². The van der Waals surface area contributed by atoms with Crippen molar-refractivity contribution in [3.63, 3.8) is 0 Å². The van der Waals surface area contributed by atoms with Crippen LogP contribution in [0.5, 0.6) is 5.75 Å². The van der Waals surface area contributed by atoms with Gasteiger partial charge in [-0.1, -0.05) is 6.07 Å². The lowest BCUT2D eigenvalue weighted by Gasteiger charge is -2.07. The Kier molecular flexibility index (Phi) is 4.65. The molecule has 0 unspecified atom stereocenters. The van der Waals surface area contributed by atoms with Crippen LogP contribution in [0.1, 0.15) is 21.5 Å². The molecule has 0 aliphatic rings. The lowest BCUT2D eigenvalue weighted by atomic mass is 10.1. The summed E-state index contributed by atoms with van der Waals surface area (Å²) >= 11 is 3.29. The minimum Gasteiger partial charge on any atom is -0.507 e. The molecular formula is C22H17BrN2O3. The quantitative estimate of drug-likeness (QED) is 0.423. The van der Waals surface area contributed by atoms with E-state index in [9.17, 15) is 9.90 Å². The van der Waals surface area contributed by atoms with Gasteiger partial charge in [-0.05, 0) is 89.4 Å². The molecule has 0 saturated heterocycles. The molecule has 0 saturated carbocycles. The highest BCUT2D eigenvalue weighted by Crippen LogP contribution is 2.31. The second kappa shape index (κ2) is 7.13. The number of aromatic hydroxyl groups is 1. The summed E-state index contributed by atoms with van der Waals surface area (Å²) in [6, 6.07) is 16.0. The van der Waals surface area contributed by atoms with Crippen molar-refractivity contribution in [3.8, 4) is 17.2 Å². The molecule has 1 aromatic heterocycles. The van der Waals surface area contributed by atoms with Gasteiger partial charge in [-0.15, -0.1) is 0 Å². The van der Waals surface area contributed by atoms with E-state index in [0.29, 0.717) is 32.7 Å². The summed E-state index contributed by atoms with van der Waals surface area (Å²) in [5.41, 5.74) is 5.46. The van der Waals surface area contributed by atoms with E-state index in [4.69, 9.17) is 4.42 Å². The molecule has 6 heteroatoms. The van der Waals surface area contributed by atoms with Crippen LogP contribution in [0.4, 0.5) is 5.69 Å². The molecule has 28 heavy (non-hydrogen) atoms. The van der Waals surface area contributed by atoms with Gasteiger partial charge in [0.05, 0.1) is 4.47 Å². The molecule has 0 aliphatic carbocycles. The number of hydrogen-bond acceptors (Lipinski definition) is 4. The molecule has 5 nitrogen and oxygen atoms in total. The van der Waals surface area contributed by atoms with E-state index < -0.39 is 0 Å². The fourth-order valence-electron chi connectivity index (χ4n) is 2.85. The fourth-order valence-corrected chi connectivity index (χ4v) is 3.23. The van der Waals surface area contributed by atoms with Crippen LogP contribution in [0, 0.1) is 13.8 Å². The van der Waals surface area contributed by atoms with E-state index in [2.05, 4.69) is 26.2 Å². The molecule has 0 aliphatic heterocycles. The predicted octanol–water partition coefficient (Wildman–Crippen LogP) is 5.83. The predicted molar refractivity (Wildman–Crippen MR) is 113 cm³/mol. The normalized spacial score (nSPS) is 11.0. The summed E-state index contributed by atoms with van der Waals surface area (Å²) in [6.07, 6.45) is 0. The molecule has 4 rings (SSSR count). The van der Waals surface area contributed by atoms with Crippen LogP contribution < -0.4 is 5.32 Å². The number of nitrogens with zero attached hydrogens (tertiary/aromatic N) is 1. The number of oxazole rings is 1. The van der Waals surface area contributed by atoms with Crippen molar-refractivity contribution in [2.24, 2.45) is 0 Å². The first-order valence-electron chi connectivity index (χ1n) is 8.69. The van der Waals surface area contributed by atoms with Crippen molar-refractivity contribution in [2.45, 2.75) is 13.8 Å². The van der Waals surface area contributed by atoms with Gasteiger partial charge in [0.1, 0.15) is 11.3 Å². The van der Waals surface area contributed by atoms with Crippen molar-refractivity contribution >= 4 is 38.6 Å². The van der Waals surface area contributed by atoms with Crippen LogP contribution in [0.25, 0.3) is 22.6 Å². The van der Waals surface area contributed by atoms with Gasteiger partial charge in [-0.3, -0.25) is 4.79 Å². The third-order valence-corrected chi connectivity index (χ3v) is 5.24. The second-order valence-corrected chi connectivity index (χ2v) is 7.48. The van der Waals surface area contributed by atoms with Crippen molar-refractivity contribution in [2.75, 3.05) is 5.32 Å². The molecule has 1 amide bonds. The molecule has 0 bridgehead atoms. The summed E-state index contributed by atoms with van der Waals surface area (Å²) in [4.78, 5) is 17.0. The second-order valence-electron chi connectivity index (χ2n) is 6.62. The van der Waals surface area contributed by atoms with E-state index in [1.54, 1.807) is 36.4 Å². The smallest absolute Gasteiger partial charge is 0.255 e.